The Morgan fingerprint density at radius 3 is 1.97 bits per heavy atom. The summed E-state index contributed by atoms with van der Waals surface area (Å²) < 4.78 is 10.6. The maximum Gasteiger partial charge on any atom is 0.337 e. The van der Waals surface area contributed by atoms with Gasteiger partial charge >= 0.3 is 17.9 Å². The van der Waals surface area contributed by atoms with Crippen LogP contribution < -0.4 is 5.73 Å². The van der Waals surface area contributed by atoms with Crippen molar-refractivity contribution in [2.75, 3.05) is 6.61 Å². The molecule has 0 saturated carbocycles. The van der Waals surface area contributed by atoms with E-state index in [-0.39, 0.29) is 18.9 Å². The number of esters is 2. The minimum Gasteiger partial charge on any atom is -0.479 e. The quantitative estimate of drug-likeness (QED) is 0.517. The van der Waals surface area contributed by atoms with Crippen LogP contribution >= 0.6 is 0 Å². The topological polar surface area (TPSA) is 116 Å². The fourth-order valence-corrected chi connectivity index (χ4v) is 3.72. The number of nitrogens with two attached hydrogens (primary N) is 1. The molecule has 2 aromatic carbocycles. The van der Waals surface area contributed by atoms with E-state index in [4.69, 9.17) is 15.2 Å². The molecule has 7 nitrogen and oxygen atoms in total. The molecule has 0 fully saturated rings. The van der Waals surface area contributed by atoms with Crippen LogP contribution in [-0.4, -0.2) is 40.8 Å². The Balaban J connectivity index is 1.72. The van der Waals surface area contributed by atoms with E-state index in [1.807, 2.05) is 48.5 Å². The van der Waals surface area contributed by atoms with Gasteiger partial charge in [0.25, 0.3) is 0 Å². The third-order valence-electron chi connectivity index (χ3n) is 5.23. The van der Waals surface area contributed by atoms with Gasteiger partial charge < -0.3 is 20.3 Å². The lowest BCUT2D eigenvalue weighted by Crippen LogP contribution is -2.56. The number of carbonyl (C=O) groups is 3. The van der Waals surface area contributed by atoms with Crippen molar-refractivity contribution in [3.05, 3.63) is 59.7 Å². The van der Waals surface area contributed by atoms with E-state index in [0.29, 0.717) is 0 Å². The number of carbonyl (C=O) groups excluding carboxylic acids is 2. The molecule has 2 aromatic rings. The van der Waals surface area contributed by atoms with Gasteiger partial charge in [0.1, 0.15) is 12.2 Å². The average Bonchev–Trinajstić information content (AvgIpc) is 3.02. The Morgan fingerprint density at radius 1 is 0.968 bits per heavy atom. The molecule has 1 aliphatic carbocycles. The number of fused-ring (bicyclic) bond motifs is 3. The Bertz CT molecular complexity index is 964. The van der Waals surface area contributed by atoms with Gasteiger partial charge in [-0.25, -0.2) is 9.59 Å². The van der Waals surface area contributed by atoms with E-state index in [1.165, 1.54) is 0 Å². The molecule has 1 atom stereocenters. The largest absolute Gasteiger partial charge is 0.479 e. The minimum absolute atomic E-state index is 0.0501. The SMILES string of the molecule is CC(C)(C)OC(=O)CCC(N)(C(=O)O)C(=O)OCC1c2ccccc2-c2ccccc21. The summed E-state index contributed by atoms with van der Waals surface area (Å²) in [6, 6.07) is 15.6. The first-order valence-electron chi connectivity index (χ1n) is 10.1. The van der Waals surface area contributed by atoms with Crippen molar-refractivity contribution < 1.29 is 29.0 Å². The van der Waals surface area contributed by atoms with Gasteiger partial charge in [0.15, 0.2) is 0 Å². The normalized spacial score (nSPS) is 14.8. The van der Waals surface area contributed by atoms with E-state index >= 15 is 0 Å². The minimum atomic E-state index is -2.34. The number of benzene rings is 2. The molecule has 7 heteroatoms. The Hall–Kier alpha value is -3.19. The Kier molecular flexibility index (Phi) is 6.18. The zero-order valence-corrected chi connectivity index (χ0v) is 17.9. The number of hydrogen-bond acceptors (Lipinski definition) is 6. The van der Waals surface area contributed by atoms with Gasteiger partial charge in [0.2, 0.25) is 5.54 Å². The summed E-state index contributed by atoms with van der Waals surface area (Å²) in [6.45, 7) is 5.04. The van der Waals surface area contributed by atoms with Crippen molar-refractivity contribution in [3.63, 3.8) is 0 Å². The van der Waals surface area contributed by atoms with Gasteiger partial charge in [-0.15, -0.1) is 0 Å². The van der Waals surface area contributed by atoms with Crippen LogP contribution in [0.1, 0.15) is 50.7 Å². The molecular formula is C24H27NO6. The molecular weight excluding hydrogens is 398 g/mol. The summed E-state index contributed by atoms with van der Waals surface area (Å²) in [5, 5.41) is 9.58. The average molecular weight is 425 g/mol. The molecule has 31 heavy (non-hydrogen) atoms. The summed E-state index contributed by atoms with van der Waals surface area (Å²) in [5.74, 6) is -3.48. The van der Waals surface area contributed by atoms with Gasteiger partial charge in [-0.1, -0.05) is 48.5 Å². The zero-order valence-electron chi connectivity index (χ0n) is 17.9. The van der Waals surface area contributed by atoms with E-state index in [0.717, 1.165) is 22.3 Å². The van der Waals surface area contributed by atoms with Gasteiger partial charge in [0.05, 0.1) is 0 Å². The van der Waals surface area contributed by atoms with Gasteiger partial charge in [-0.3, -0.25) is 4.79 Å². The van der Waals surface area contributed by atoms with Crippen molar-refractivity contribution in [2.45, 2.75) is 50.7 Å². The van der Waals surface area contributed by atoms with Gasteiger partial charge in [0, 0.05) is 12.3 Å². The predicted molar refractivity (Wildman–Crippen MR) is 114 cm³/mol. The highest BCUT2D eigenvalue weighted by atomic mass is 16.6. The summed E-state index contributed by atoms with van der Waals surface area (Å²) in [5.41, 5.74) is 6.95. The summed E-state index contributed by atoms with van der Waals surface area (Å²) in [6.07, 6.45) is -0.738. The molecule has 0 saturated heterocycles. The first-order valence-corrected chi connectivity index (χ1v) is 10.1. The lowest BCUT2D eigenvalue weighted by atomic mass is 9.94. The van der Waals surface area contributed by atoms with Crippen LogP contribution in [0.25, 0.3) is 11.1 Å². The Morgan fingerprint density at radius 2 is 1.48 bits per heavy atom. The van der Waals surface area contributed by atoms with Crippen LogP contribution in [0.3, 0.4) is 0 Å². The first-order chi connectivity index (χ1) is 14.5. The maximum atomic E-state index is 12.7. The molecule has 0 heterocycles. The van der Waals surface area contributed by atoms with Crippen LogP contribution in [0.2, 0.25) is 0 Å². The predicted octanol–water partition coefficient (Wildman–Crippen LogP) is 3.25. The highest BCUT2D eigenvalue weighted by Gasteiger charge is 2.45. The van der Waals surface area contributed by atoms with Crippen molar-refractivity contribution in [3.8, 4) is 11.1 Å². The first kappa shape index (κ1) is 22.5. The number of carboxylic acid groups (broad SMARTS) is 1. The number of carboxylic acids is 1. The molecule has 3 rings (SSSR count). The molecule has 0 spiro atoms. The second-order valence-electron chi connectivity index (χ2n) is 8.69. The van der Waals surface area contributed by atoms with Crippen molar-refractivity contribution >= 4 is 17.9 Å². The summed E-state index contributed by atoms with van der Waals surface area (Å²) >= 11 is 0. The molecule has 0 radical (unpaired) electrons. The zero-order chi connectivity index (χ0) is 22.8. The van der Waals surface area contributed by atoms with Crippen LogP contribution in [0, 0.1) is 0 Å². The molecule has 1 unspecified atom stereocenters. The number of aliphatic carboxylic acids is 1. The van der Waals surface area contributed by atoms with Crippen molar-refractivity contribution in [1.82, 2.24) is 0 Å². The van der Waals surface area contributed by atoms with E-state index in [2.05, 4.69) is 0 Å². The van der Waals surface area contributed by atoms with Crippen LogP contribution in [0.15, 0.2) is 48.5 Å². The fraction of sp³-hybridized carbons (Fsp3) is 0.375. The van der Waals surface area contributed by atoms with Crippen molar-refractivity contribution in [2.24, 2.45) is 5.73 Å². The smallest absolute Gasteiger partial charge is 0.337 e. The van der Waals surface area contributed by atoms with E-state index in [9.17, 15) is 19.5 Å². The molecule has 164 valence electrons. The lowest BCUT2D eigenvalue weighted by Gasteiger charge is -2.25. The van der Waals surface area contributed by atoms with Crippen LogP contribution in [0.4, 0.5) is 0 Å². The number of ether oxygens (including phenoxy) is 2. The number of hydrogen-bond donors (Lipinski definition) is 2. The Labute approximate surface area is 181 Å². The lowest BCUT2D eigenvalue weighted by molar-refractivity contribution is -0.162. The van der Waals surface area contributed by atoms with E-state index < -0.39 is 35.5 Å². The third-order valence-corrected chi connectivity index (χ3v) is 5.23. The highest BCUT2D eigenvalue weighted by Crippen LogP contribution is 2.44. The van der Waals surface area contributed by atoms with Crippen LogP contribution in [-0.2, 0) is 23.9 Å². The molecule has 0 bridgehead atoms. The molecule has 0 amide bonds. The molecule has 1 aliphatic rings. The van der Waals surface area contributed by atoms with Crippen molar-refractivity contribution in [1.29, 1.82) is 0 Å². The highest BCUT2D eigenvalue weighted by molar-refractivity contribution is 6.04. The monoisotopic (exact) mass is 425 g/mol. The second-order valence-corrected chi connectivity index (χ2v) is 8.69. The molecule has 0 aromatic heterocycles. The fourth-order valence-electron chi connectivity index (χ4n) is 3.72. The summed E-state index contributed by atoms with van der Waals surface area (Å²) in [4.78, 5) is 36.4. The van der Waals surface area contributed by atoms with Gasteiger partial charge in [-0.2, -0.15) is 0 Å². The molecule has 3 N–H and O–H groups in total. The van der Waals surface area contributed by atoms with Crippen LogP contribution in [0.5, 0.6) is 0 Å². The third kappa shape index (κ3) is 4.77. The maximum absolute atomic E-state index is 12.7. The standard InChI is InChI=1S/C24H27NO6/c1-23(2,3)31-20(26)12-13-24(25,21(27)28)22(29)30-14-19-17-10-6-4-8-15(17)16-9-5-7-11-18(16)19/h4-11,19H,12-14,25H2,1-3H3,(H,27,28). The number of rotatable bonds is 7. The van der Waals surface area contributed by atoms with Gasteiger partial charge in [-0.05, 0) is 49.4 Å². The van der Waals surface area contributed by atoms with E-state index in [1.54, 1.807) is 20.8 Å². The second kappa shape index (κ2) is 8.51. The summed E-state index contributed by atoms with van der Waals surface area (Å²) in [7, 11) is 0. The molecule has 0 aliphatic heterocycles.